The van der Waals surface area contributed by atoms with Crippen molar-refractivity contribution in [2.24, 2.45) is 5.92 Å². The first kappa shape index (κ1) is 11.4. The van der Waals surface area contributed by atoms with E-state index in [1.165, 1.54) is 30.0 Å². The van der Waals surface area contributed by atoms with E-state index in [9.17, 15) is 0 Å². The minimum Gasteiger partial charge on any atom is -0.310 e. The van der Waals surface area contributed by atoms with Crippen molar-refractivity contribution in [2.45, 2.75) is 26.3 Å². The van der Waals surface area contributed by atoms with Crippen molar-refractivity contribution < 1.29 is 0 Å². The Bertz CT molecular complexity index is 295. The van der Waals surface area contributed by atoms with Gasteiger partial charge in [-0.15, -0.1) is 11.3 Å². The van der Waals surface area contributed by atoms with Crippen LogP contribution in [0.25, 0.3) is 0 Å². The number of hydrogen-bond donors (Lipinski definition) is 1. The van der Waals surface area contributed by atoms with E-state index in [4.69, 9.17) is 0 Å². The summed E-state index contributed by atoms with van der Waals surface area (Å²) in [4.78, 5) is 4.42. The fraction of sp³-hybridized carbons (Fsp3) is 0.727. The Morgan fingerprint density at radius 3 is 3.13 bits per heavy atom. The summed E-state index contributed by atoms with van der Waals surface area (Å²) in [6.07, 6.45) is 2.94. The van der Waals surface area contributed by atoms with Crippen LogP contribution < -0.4 is 5.32 Å². The van der Waals surface area contributed by atoms with Crippen LogP contribution in [-0.4, -0.2) is 23.0 Å². The number of aromatic nitrogens is 1. The summed E-state index contributed by atoms with van der Waals surface area (Å²) in [5.74, 6) is 3.66. The average molecular weight is 242 g/mol. The molecule has 0 aliphatic heterocycles. The second-order valence-electron chi connectivity index (χ2n) is 4.05. The second kappa shape index (κ2) is 5.87. The van der Waals surface area contributed by atoms with Crippen LogP contribution >= 0.6 is 23.1 Å². The molecule has 2 nitrogen and oxygen atoms in total. The molecule has 0 spiro atoms. The van der Waals surface area contributed by atoms with E-state index in [1.54, 1.807) is 11.3 Å². The quantitative estimate of drug-likeness (QED) is 0.744. The van der Waals surface area contributed by atoms with Gasteiger partial charge in [-0.2, -0.15) is 11.8 Å². The molecule has 1 N–H and O–H groups in total. The Labute approximate surface area is 99.9 Å². The minimum atomic E-state index is 0.925. The van der Waals surface area contributed by atoms with E-state index < -0.39 is 0 Å². The molecule has 1 aliphatic rings. The molecule has 1 aromatic heterocycles. The van der Waals surface area contributed by atoms with Crippen LogP contribution in [0.2, 0.25) is 0 Å². The Balaban J connectivity index is 1.47. The number of nitrogens with zero attached hydrogens (tertiary/aromatic N) is 1. The lowest BCUT2D eigenvalue weighted by atomic mass is 10.5. The van der Waals surface area contributed by atoms with Crippen LogP contribution in [-0.2, 0) is 6.54 Å². The number of rotatable bonds is 7. The zero-order valence-electron chi connectivity index (χ0n) is 9.16. The molecule has 15 heavy (non-hydrogen) atoms. The maximum Gasteiger partial charge on any atom is 0.0897 e. The summed E-state index contributed by atoms with van der Waals surface area (Å²) in [5, 5.41) is 6.73. The Morgan fingerprint density at radius 1 is 1.60 bits per heavy atom. The van der Waals surface area contributed by atoms with Crippen LogP contribution in [0, 0.1) is 12.8 Å². The van der Waals surface area contributed by atoms with Gasteiger partial charge in [0.1, 0.15) is 0 Å². The normalized spacial score (nSPS) is 15.8. The van der Waals surface area contributed by atoms with Gasteiger partial charge in [-0.05, 0) is 31.4 Å². The molecule has 2 rings (SSSR count). The van der Waals surface area contributed by atoms with Crippen molar-refractivity contribution in [3.63, 3.8) is 0 Å². The largest absolute Gasteiger partial charge is 0.310 e. The maximum absolute atomic E-state index is 4.42. The van der Waals surface area contributed by atoms with Gasteiger partial charge >= 0.3 is 0 Å². The highest BCUT2D eigenvalue weighted by Crippen LogP contribution is 2.32. The predicted octanol–water partition coefficient (Wildman–Crippen LogP) is 2.68. The molecule has 1 aliphatic carbocycles. The molecule has 0 atom stereocenters. The Morgan fingerprint density at radius 2 is 2.47 bits per heavy atom. The third kappa shape index (κ3) is 4.53. The molecular weight excluding hydrogens is 224 g/mol. The predicted molar refractivity (Wildman–Crippen MR) is 68.6 cm³/mol. The van der Waals surface area contributed by atoms with Gasteiger partial charge in [-0.3, -0.25) is 0 Å². The topological polar surface area (TPSA) is 24.9 Å². The summed E-state index contributed by atoms with van der Waals surface area (Å²) in [7, 11) is 0. The molecule has 0 aromatic carbocycles. The highest BCUT2D eigenvalue weighted by atomic mass is 32.2. The van der Waals surface area contributed by atoms with Crippen molar-refractivity contribution in [3.8, 4) is 0 Å². The summed E-state index contributed by atoms with van der Waals surface area (Å²) < 4.78 is 0. The molecule has 0 radical (unpaired) electrons. The molecule has 0 amide bonds. The van der Waals surface area contributed by atoms with Gasteiger partial charge in [-0.25, -0.2) is 4.98 Å². The van der Waals surface area contributed by atoms with Crippen molar-refractivity contribution in [3.05, 3.63) is 16.1 Å². The molecule has 0 saturated heterocycles. The van der Waals surface area contributed by atoms with E-state index in [-0.39, 0.29) is 0 Å². The lowest BCUT2D eigenvalue weighted by Gasteiger charge is -2.02. The summed E-state index contributed by atoms with van der Waals surface area (Å²) in [6.45, 7) is 4.09. The van der Waals surface area contributed by atoms with Crippen molar-refractivity contribution in [1.29, 1.82) is 0 Å². The van der Waals surface area contributed by atoms with E-state index in [0.29, 0.717) is 0 Å². The third-order valence-electron chi connectivity index (χ3n) is 2.45. The van der Waals surface area contributed by atoms with Gasteiger partial charge in [-0.1, -0.05) is 0 Å². The molecule has 0 bridgehead atoms. The fourth-order valence-electron chi connectivity index (χ4n) is 1.38. The SMILES string of the molecule is Cc1nc(CNCCSCC2CC2)cs1. The lowest BCUT2D eigenvalue weighted by Crippen LogP contribution is -2.17. The standard InChI is InChI=1S/C11H18N2S2/c1-9-13-11(8-15-9)6-12-4-5-14-7-10-2-3-10/h8,10,12H,2-7H2,1H3. The lowest BCUT2D eigenvalue weighted by molar-refractivity contribution is 0.717. The smallest absolute Gasteiger partial charge is 0.0897 e. The van der Waals surface area contributed by atoms with E-state index in [2.05, 4.69) is 34.4 Å². The van der Waals surface area contributed by atoms with Crippen LogP contribution in [0.15, 0.2) is 5.38 Å². The first-order valence-corrected chi connectivity index (χ1v) is 7.57. The molecule has 84 valence electrons. The molecular formula is C11H18N2S2. The molecule has 0 unspecified atom stereocenters. The van der Waals surface area contributed by atoms with Gasteiger partial charge in [0.25, 0.3) is 0 Å². The van der Waals surface area contributed by atoms with Crippen molar-refractivity contribution >= 4 is 23.1 Å². The minimum absolute atomic E-state index is 0.925. The van der Waals surface area contributed by atoms with Crippen molar-refractivity contribution in [1.82, 2.24) is 10.3 Å². The van der Waals surface area contributed by atoms with Gasteiger partial charge in [0, 0.05) is 24.2 Å². The molecule has 1 aromatic rings. The maximum atomic E-state index is 4.42. The molecule has 1 saturated carbocycles. The fourth-order valence-corrected chi connectivity index (χ4v) is 3.12. The summed E-state index contributed by atoms with van der Waals surface area (Å²) >= 11 is 3.81. The average Bonchev–Trinajstić information content (AvgIpc) is 2.95. The summed E-state index contributed by atoms with van der Waals surface area (Å²) in [6, 6.07) is 0. The first-order chi connectivity index (χ1) is 7.34. The van der Waals surface area contributed by atoms with Crippen LogP contribution in [0.1, 0.15) is 23.5 Å². The van der Waals surface area contributed by atoms with E-state index in [0.717, 1.165) is 24.0 Å². The number of thioether (sulfide) groups is 1. The highest BCUT2D eigenvalue weighted by molar-refractivity contribution is 7.99. The van der Waals surface area contributed by atoms with E-state index in [1.807, 2.05) is 0 Å². The second-order valence-corrected chi connectivity index (χ2v) is 6.26. The van der Waals surface area contributed by atoms with Crippen LogP contribution in [0.5, 0.6) is 0 Å². The summed E-state index contributed by atoms with van der Waals surface area (Å²) in [5.41, 5.74) is 1.18. The molecule has 1 heterocycles. The number of nitrogens with one attached hydrogen (secondary N) is 1. The third-order valence-corrected chi connectivity index (χ3v) is 4.47. The van der Waals surface area contributed by atoms with Gasteiger partial charge in [0.2, 0.25) is 0 Å². The van der Waals surface area contributed by atoms with Gasteiger partial charge < -0.3 is 5.32 Å². The van der Waals surface area contributed by atoms with E-state index >= 15 is 0 Å². The monoisotopic (exact) mass is 242 g/mol. The van der Waals surface area contributed by atoms with Crippen molar-refractivity contribution in [2.75, 3.05) is 18.1 Å². The Hall–Kier alpha value is -0.0600. The number of hydrogen-bond acceptors (Lipinski definition) is 4. The highest BCUT2D eigenvalue weighted by Gasteiger charge is 2.20. The van der Waals surface area contributed by atoms with Crippen LogP contribution in [0.3, 0.4) is 0 Å². The number of thiazole rings is 1. The van der Waals surface area contributed by atoms with Gasteiger partial charge in [0.15, 0.2) is 0 Å². The number of aryl methyl sites for hydroxylation is 1. The Kier molecular flexibility index (Phi) is 4.47. The molecule has 4 heteroatoms. The van der Waals surface area contributed by atoms with Gasteiger partial charge in [0.05, 0.1) is 10.7 Å². The zero-order valence-corrected chi connectivity index (χ0v) is 10.8. The first-order valence-electron chi connectivity index (χ1n) is 5.54. The van der Waals surface area contributed by atoms with Crippen LogP contribution in [0.4, 0.5) is 0 Å². The zero-order chi connectivity index (χ0) is 10.5. The molecule has 1 fully saturated rings.